The molecule has 4 rings (SSSR count). The number of rotatable bonds is 4. The molecule has 0 radical (unpaired) electrons. The normalized spacial score (nSPS) is 27.6. The van der Waals surface area contributed by atoms with E-state index in [4.69, 9.17) is 12.2 Å². The highest BCUT2D eigenvalue weighted by Crippen LogP contribution is 2.38. The van der Waals surface area contributed by atoms with Crippen molar-refractivity contribution in [1.29, 1.82) is 0 Å². The lowest BCUT2D eigenvalue weighted by Gasteiger charge is -2.41. The summed E-state index contributed by atoms with van der Waals surface area (Å²) in [6, 6.07) is 6.55. The van der Waals surface area contributed by atoms with Gasteiger partial charge in [-0.25, -0.2) is 0 Å². The van der Waals surface area contributed by atoms with Crippen molar-refractivity contribution in [3.8, 4) is 0 Å². The van der Waals surface area contributed by atoms with Crippen LogP contribution < -0.4 is 15.5 Å². The number of aliphatic hydroxyl groups excluding tert-OH is 2. The molecule has 1 aromatic carbocycles. The monoisotopic (exact) mass is 466 g/mol. The molecule has 5 atom stereocenters. The number of aliphatic hydroxyl groups is 2. The average Bonchev–Trinajstić information content (AvgIpc) is 3.12. The highest BCUT2D eigenvalue weighted by atomic mass is 32.1. The zero-order valence-corrected chi connectivity index (χ0v) is 17.5. The summed E-state index contributed by atoms with van der Waals surface area (Å²) in [5, 5.41) is 26.6. The molecule has 1 saturated heterocycles. The minimum Gasteiger partial charge on any atom is -0.390 e. The predicted molar refractivity (Wildman–Crippen MR) is 113 cm³/mol. The first-order valence-electron chi connectivity index (χ1n) is 9.96. The van der Waals surface area contributed by atoms with Gasteiger partial charge in [0, 0.05) is 24.6 Å². The number of hydrogen-bond acceptors (Lipinski definition) is 5. The lowest BCUT2D eigenvalue weighted by Crippen LogP contribution is -2.60. The molecular weight excluding hydrogens is 445 g/mol. The van der Waals surface area contributed by atoms with Gasteiger partial charge in [0.05, 0.1) is 29.7 Å². The van der Waals surface area contributed by atoms with Gasteiger partial charge in [0.15, 0.2) is 5.11 Å². The molecule has 7 nitrogen and oxygen atoms in total. The Morgan fingerprint density at radius 1 is 1.28 bits per heavy atom. The van der Waals surface area contributed by atoms with Crippen LogP contribution in [0.1, 0.15) is 17.5 Å². The maximum absolute atomic E-state index is 13.3. The van der Waals surface area contributed by atoms with Gasteiger partial charge in [-0.15, -0.1) is 0 Å². The zero-order chi connectivity index (χ0) is 23.0. The zero-order valence-electron chi connectivity index (χ0n) is 16.7. The number of benzene rings is 1. The number of carbonyl (C=O) groups excluding carboxylic acids is 1. The maximum Gasteiger partial charge on any atom is 0.416 e. The first-order chi connectivity index (χ1) is 15.2. The maximum atomic E-state index is 13.3. The van der Waals surface area contributed by atoms with Crippen molar-refractivity contribution >= 4 is 28.9 Å². The molecule has 0 bridgehead atoms. The van der Waals surface area contributed by atoms with Crippen molar-refractivity contribution in [1.82, 2.24) is 15.6 Å². The van der Waals surface area contributed by atoms with Crippen LogP contribution in [0.15, 0.2) is 48.8 Å². The summed E-state index contributed by atoms with van der Waals surface area (Å²) in [6.45, 7) is 0.195. The first kappa shape index (κ1) is 22.4. The Morgan fingerprint density at radius 2 is 2.06 bits per heavy atom. The standard InChI is InChI=1S/C21H21F3N4O3S/c22-21(23,24)12-4-1-5-13(7-12)28-17-14(8-15(29)18(30)16(17)27-20(28)32)19(31)26-10-11-3-2-6-25-9-11/h1-7,9,14-18,29-30H,8,10H2,(H,26,31)(H,27,32)/t14-,15-,16-,17-,18+/m1/s1. The number of anilines is 1. The van der Waals surface area contributed by atoms with E-state index < -0.39 is 47.9 Å². The van der Waals surface area contributed by atoms with E-state index in [-0.39, 0.29) is 23.8 Å². The van der Waals surface area contributed by atoms with E-state index in [1.807, 2.05) is 0 Å². The van der Waals surface area contributed by atoms with E-state index in [9.17, 15) is 28.2 Å². The molecule has 32 heavy (non-hydrogen) atoms. The molecule has 1 aliphatic carbocycles. The van der Waals surface area contributed by atoms with E-state index in [1.54, 1.807) is 24.5 Å². The number of pyridine rings is 1. The number of amides is 1. The van der Waals surface area contributed by atoms with Crippen LogP contribution in [0.2, 0.25) is 0 Å². The van der Waals surface area contributed by atoms with Gasteiger partial charge in [0.25, 0.3) is 0 Å². The minimum atomic E-state index is -4.55. The Morgan fingerprint density at radius 3 is 2.75 bits per heavy atom. The van der Waals surface area contributed by atoms with Crippen LogP contribution in [0.4, 0.5) is 18.9 Å². The van der Waals surface area contributed by atoms with Crippen molar-refractivity contribution in [2.45, 2.75) is 43.4 Å². The van der Waals surface area contributed by atoms with Crippen LogP contribution in [-0.4, -0.2) is 50.5 Å². The Labute approximate surface area is 187 Å². The largest absolute Gasteiger partial charge is 0.416 e. The van der Waals surface area contributed by atoms with Crippen molar-refractivity contribution < 1.29 is 28.2 Å². The molecule has 170 valence electrons. The average molecular weight is 466 g/mol. The third kappa shape index (κ3) is 4.27. The highest BCUT2D eigenvalue weighted by molar-refractivity contribution is 7.80. The number of nitrogens with one attached hydrogen (secondary N) is 2. The molecule has 1 aliphatic heterocycles. The van der Waals surface area contributed by atoms with E-state index in [2.05, 4.69) is 15.6 Å². The number of fused-ring (bicyclic) bond motifs is 1. The van der Waals surface area contributed by atoms with E-state index in [0.29, 0.717) is 0 Å². The van der Waals surface area contributed by atoms with Gasteiger partial charge in [-0.3, -0.25) is 9.78 Å². The molecule has 1 amide bonds. The summed E-state index contributed by atoms with van der Waals surface area (Å²) in [7, 11) is 0. The fourth-order valence-electron chi connectivity index (χ4n) is 4.30. The second-order valence-corrected chi connectivity index (χ2v) is 8.25. The Balaban J connectivity index is 1.64. The second-order valence-electron chi connectivity index (χ2n) is 7.86. The van der Waals surface area contributed by atoms with Gasteiger partial charge >= 0.3 is 6.18 Å². The fraction of sp³-hybridized carbons (Fsp3) is 0.381. The highest BCUT2D eigenvalue weighted by Gasteiger charge is 2.54. The smallest absolute Gasteiger partial charge is 0.390 e. The van der Waals surface area contributed by atoms with Crippen molar-refractivity contribution in [2.75, 3.05) is 4.90 Å². The molecule has 1 saturated carbocycles. The van der Waals surface area contributed by atoms with E-state index >= 15 is 0 Å². The summed E-state index contributed by atoms with van der Waals surface area (Å²) in [6.07, 6.45) is -3.84. The SMILES string of the molecule is O=C(NCc1cccnc1)[C@@H]1C[C@@H](O)[C@H](O)[C@@H]2NC(=S)N(c3cccc(C(F)(F)F)c3)[C@@H]21. The Bertz CT molecular complexity index is 1010. The Kier molecular flexibility index (Phi) is 6.06. The van der Waals surface area contributed by atoms with Gasteiger partial charge < -0.3 is 25.7 Å². The van der Waals surface area contributed by atoms with Gasteiger partial charge in [0.2, 0.25) is 5.91 Å². The van der Waals surface area contributed by atoms with Gasteiger partial charge in [-0.1, -0.05) is 12.1 Å². The summed E-state index contributed by atoms with van der Waals surface area (Å²) >= 11 is 5.35. The second kappa shape index (κ2) is 8.64. The number of carbonyl (C=O) groups is 1. The molecular formula is C21H21F3N4O3S. The summed E-state index contributed by atoms with van der Waals surface area (Å²) < 4.78 is 39.8. The third-order valence-electron chi connectivity index (χ3n) is 5.82. The molecule has 11 heteroatoms. The number of halogens is 3. The Hall–Kier alpha value is -2.76. The molecule has 2 heterocycles. The van der Waals surface area contributed by atoms with Gasteiger partial charge in [-0.05, 0) is 48.5 Å². The topological polar surface area (TPSA) is 97.7 Å². The molecule has 2 fully saturated rings. The summed E-state index contributed by atoms with van der Waals surface area (Å²) in [4.78, 5) is 18.5. The van der Waals surface area contributed by atoms with Gasteiger partial charge in [-0.2, -0.15) is 13.2 Å². The molecule has 2 aliphatic rings. The van der Waals surface area contributed by atoms with Crippen molar-refractivity contribution in [3.05, 3.63) is 59.9 Å². The van der Waals surface area contributed by atoms with Crippen LogP contribution in [0.5, 0.6) is 0 Å². The molecule has 4 N–H and O–H groups in total. The minimum absolute atomic E-state index is 0.0685. The number of thiocarbonyl (C=S) groups is 1. The number of hydrogen-bond donors (Lipinski definition) is 4. The fourth-order valence-corrected chi connectivity index (χ4v) is 4.66. The lowest BCUT2D eigenvalue weighted by atomic mass is 9.77. The van der Waals surface area contributed by atoms with Crippen LogP contribution in [0.3, 0.4) is 0 Å². The number of alkyl halides is 3. The molecule has 0 unspecified atom stereocenters. The molecule has 0 spiro atoms. The van der Waals surface area contributed by atoms with Crippen molar-refractivity contribution in [3.63, 3.8) is 0 Å². The van der Waals surface area contributed by atoms with Crippen LogP contribution in [0, 0.1) is 5.92 Å². The van der Waals surface area contributed by atoms with E-state index in [0.717, 1.165) is 17.7 Å². The first-order valence-corrected chi connectivity index (χ1v) is 10.4. The molecule has 2 aromatic rings. The number of aromatic nitrogens is 1. The van der Waals surface area contributed by atoms with Crippen molar-refractivity contribution in [2.24, 2.45) is 5.92 Å². The summed E-state index contributed by atoms with van der Waals surface area (Å²) in [5.41, 5.74) is 0.0669. The van der Waals surface area contributed by atoms with Gasteiger partial charge in [0.1, 0.15) is 6.10 Å². The lowest BCUT2D eigenvalue weighted by molar-refractivity contribution is -0.137. The summed E-state index contributed by atoms with van der Waals surface area (Å²) in [5.74, 6) is -1.24. The predicted octanol–water partition coefficient (Wildman–Crippen LogP) is 1.59. The third-order valence-corrected chi connectivity index (χ3v) is 6.14. The van der Waals surface area contributed by atoms with E-state index in [1.165, 1.54) is 17.0 Å². The number of nitrogens with zero attached hydrogens (tertiary/aromatic N) is 2. The van der Waals surface area contributed by atoms with Crippen LogP contribution >= 0.6 is 12.2 Å². The quantitative estimate of drug-likeness (QED) is 0.508. The molecule has 1 aromatic heterocycles. The van der Waals surface area contributed by atoms with Crippen LogP contribution in [-0.2, 0) is 17.5 Å². The van der Waals surface area contributed by atoms with Crippen LogP contribution in [0.25, 0.3) is 0 Å².